The van der Waals surface area contributed by atoms with E-state index in [1.54, 1.807) is 12.1 Å². The molecule has 0 atom stereocenters. The molecule has 0 aliphatic heterocycles. The zero-order valence-corrected chi connectivity index (χ0v) is 7.84. The maximum Gasteiger partial charge on any atom is 0.181 e. The van der Waals surface area contributed by atoms with E-state index < -0.39 is 0 Å². The molecule has 0 saturated heterocycles. The average molecular weight is 215 g/mol. The van der Waals surface area contributed by atoms with Crippen molar-refractivity contribution in [3.8, 4) is 11.4 Å². The predicted octanol–water partition coefficient (Wildman–Crippen LogP) is 2.17. The Labute approximate surface area is 83.9 Å². The second kappa shape index (κ2) is 3.32. The lowest BCUT2D eigenvalue weighted by Gasteiger charge is -1.96. The van der Waals surface area contributed by atoms with Crippen LogP contribution in [0, 0.1) is 0 Å². The first-order chi connectivity index (χ1) is 6.25. The fourth-order valence-corrected chi connectivity index (χ4v) is 1.40. The highest BCUT2D eigenvalue weighted by Crippen LogP contribution is 2.21. The zero-order valence-electron chi connectivity index (χ0n) is 6.33. The summed E-state index contributed by atoms with van der Waals surface area (Å²) < 4.78 is 0. The SMILES string of the molecule is Clc1cc(-c2nc[nH]n2)cc(Cl)n1. The molecule has 2 rings (SSSR count). The Balaban J connectivity index is 2.53. The average Bonchev–Trinajstić information content (AvgIpc) is 2.53. The van der Waals surface area contributed by atoms with Crippen LogP contribution in [-0.2, 0) is 0 Å². The summed E-state index contributed by atoms with van der Waals surface area (Å²) in [6.45, 7) is 0. The van der Waals surface area contributed by atoms with Crippen molar-refractivity contribution in [2.24, 2.45) is 0 Å². The Morgan fingerprint density at radius 1 is 1.15 bits per heavy atom. The summed E-state index contributed by atoms with van der Waals surface area (Å²) in [6.07, 6.45) is 1.48. The van der Waals surface area contributed by atoms with Gasteiger partial charge in [0.15, 0.2) is 5.82 Å². The largest absolute Gasteiger partial charge is 0.265 e. The molecule has 66 valence electrons. The Hall–Kier alpha value is -1.13. The second-order valence-corrected chi connectivity index (χ2v) is 3.10. The minimum absolute atomic E-state index is 0.326. The third-order valence-electron chi connectivity index (χ3n) is 1.44. The Morgan fingerprint density at radius 2 is 1.85 bits per heavy atom. The molecule has 0 saturated carbocycles. The van der Waals surface area contributed by atoms with E-state index in [1.807, 2.05) is 0 Å². The first-order valence-corrected chi connectivity index (χ1v) is 4.20. The normalized spacial score (nSPS) is 10.3. The topological polar surface area (TPSA) is 54.5 Å². The molecule has 0 radical (unpaired) electrons. The number of nitrogens with zero attached hydrogens (tertiary/aromatic N) is 3. The van der Waals surface area contributed by atoms with Crippen molar-refractivity contribution in [1.82, 2.24) is 20.2 Å². The van der Waals surface area contributed by atoms with Crippen molar-refractivity contribution in [2.75, 3.05) is 0 Å². The van der Waals surface area contributed by atoms with E-state index in [0.29, 0.717) is 16.1 Å². The van der Waals surface area contributed by atoms with Gasteiger partial charge in [0.05, 0.1) is 0 Å². The van der Waals surface area contributed by atoms with Crippen LogP contribution >= 0.6 is 23.2 Å². The van der Waals surface area contributed by atoms with Gasteiger partial charge in [-0.25, -0.2) is 9.97 Å². The number of aromatic nitrogens is 4. The summed E-state index contributed by atoms with van der Waals surface area (Å²) in [6, 6.07) is 3.30. The minimum atomic E-state index is 0.326. The van der Waals surface area contributed by atoms with Gasteiger partial charge in [-0.2, -0.15) is 5.10 Å². The molecular formula is C7H4Cl2N4. The molecule has 2 aromatic heterocycles. The van der Waals surface area contributed by atoms with Crippen molar-refractivity contribution in [1.29, 1.82) is 0 Å². The van der Waals surface area contributed by atoms with Crippen molar-refractivity contribution < 1.29 is 0 Å². The molecule has 2 heterocycles. The van der Waals surface area contributed by atoms with E-state index in [9.17, 15) is 0 Å². The Kier molecular flexibility index (Phi) is 2.16. The molecule has 0 aliphatic rings. The van der Waals surface area contributed by atoms with Gasteiger partial charge in [-0.05, 0) is 12.1 Å². The van der Waals surface area contributed by atoms with Gasteiger partial charge in [-0.3, -0.25) is 5.10 Å². The van der Waals surface area contributed by atoms with Crippen LogP contribution in [0.5, 0.6) is 0 Å². The Bertz CT molecular complexity index is 392. The molecule has 13 heavy (non-hydrogen) atoms. The molecule has 0 aromatic carbocycles. The summed E-state index contributed by atoms with van der Waals surface area (Å²) in [4.78, 5) is 7.77. The van der Waals surface area contributed by atoms with Crippen LogP contribution in [0.2, 0.25) is 10.3 Å². The molecule has 6 heteroatoms. The smallest absolute Gasteiger partial charge is 0.181 e. The summed E-state index contributed by atoms with van der Waals surface area (Å²) >= 11 is 11.4. The molecule has 0 amide bonds. The number of hydrogen-bond donors (Lipinski definition) is 1. The summed E-state index contributed by atoms with van der Waals surface area (Å²) in [5.41, 5.74) is 0.742. The van der Waals surface area contributed by atoms with Gasteiger partial charge in [0.1, 0.15) is 16.6 Å². The van der Waals surface area contributed by atoms with Crippen LogP contribution in [0.4, 0.5) is 0 Å². The van der Waals surface area contributed by atoms with Gasteiger partial charge in [0, 0.05) is 5.56 Å². The van der Waals surface area contributed by atoms with Crippen molar-refractivity contribution in [3.63, 3.8) is 0 Å². The molecule has 0 unspecified atom stereocenters. The summed E-state index contributed by atoms with van der Waals surface area (Å²) in [5.74, 6) is 0.547. The van der Waals surface area contributed by atoms with Crippen LogP contribution in [0.3, 0.4) is 0 Å². The van der Waals surface area contributed by atoms with E-state index in [2.05, 4.69) is 20.2 Å². The number of aromatic amines is 1. The number of nitrogens with one attached hydrogen (secondary N) is 1. The number of hydrogen-bond acceptors (Lipinski definition) is 3. The van der Waals surface area contributed by atoms with E-state index in [-0.39, 0.29) is 0 Å². The van der Waals surface area contributed by atoms with Crippen LogP contribution in [0.15, 0.2) is 18.5 Å². The summed E-state index contributed by atoms with van der Waals surface area (Å²) in [7, 11) is 0. The number of rotatable bonds is 1. The maximum absolute atomic E-state index is 5.71. The molecule has 0 fully saturated rings. The van der Waals surface area contributed by atoms with Gasteiger partial charge in [-0.15, -0.1) is 0 Å². The standard InChI is InChI=1S/C7H4Cl2N4/c8-5-1-4(2-6(9)12-5)7-10-3-11-13-7/h1-3H,(H,10,11,13). The van der Waals surface area contributed by atoms with Gasteiger partial charge in [0.2, 0.25) is 0 Å². The lowest BCUT2D eigenvalue weighted by Crippen LogP contribution is -1.84. The number of halogens is 2. The minimum Gasteiger partial charge on any atom is -0.265 e. The highest BCUT2D eigenvalue weighted by Gasteiger charge is 2.04. The van der Waals surface area contributed by atoms with Crippen LogP contribution in [0.25, 0.3) is 11.4 Å². The van der Waals surface area contributed by atoms with Gasteiger partial charge < -0.3 is 0 Å². The molecule has 0 aliphatic carbocycles. The van der Waals surface area contributed by atoms with E-state index in [0.717, 1.165) is 5.56 Å². The highest BCUT2D eigenvalue weighted by atomic mass is 35.5. The van der Waals surface area contributed by atoms with Crippen LogP contribution in [0.1, 0.15) is 0 Å². The second-order valence-electron chi connectivity index (χ2n) is 2.32. The van der Waals surface area contributed by atoms with E-state index in [1.165, 1.54) is 6.33 Å². The third-order valence-corrected chi connectivity index (χ3v) is 1.82. The lowest BCUT2D eigenvalue weighted by molar-refractivity contribution is 1.09. The van der Waals surface area contributed by atoms with Crippen LogP contribution in [-0.4, -0.2) is 20.2 Å². The molecule has 4 nitrogen and oxygen atoms in total. The maximum atomic E-state index is 5.71. The first-order valence-electron chi connectivity index (χ1n) is 3.45. The molecule has 0 spiro atoms. The number of H-pyrrole nitrogens is 1. The molecule has 1 N–H and O–H groups in total. The third kappa shape index (κ3) is 1.79. The molecular weight excluding hydrogens is 211 g/mol. The number of pyridine rings is 1. The van der Waals surface area contributed by atoms with Gasteiger partial charge in [-0.1, -0.05) is 23.2 Å². The summed E-state index contributed by atoms with van der Waals surface area (Å²) in [5, 5.41) is 7.14. The van der Waals surface area contributed by atoms with Gasteiger partial charge >= 0.3 is 0 Å². The van der Waals surface area contributed by atoms with Crippen molar-refractivity contribution in [2.45, 2.75) is 0 Å². The van der Waals surface area contributed by atoms with Crippen molar-refractivity contribution >= 4 is 23.2 Å². The molecule has 2 aromatic rings. The van der Waals surface area contributed by atoms with Gasteiger partial charge in [0.25, 0.3) is 0 Å². The van der Waals surface area contributed by atoms with E-state index in [4.69, 9.17) is 23.2 Å². The monoisotopic (exact) mass is 214 g/mol. The molecule has 0 bridgehead atoms. The quantitative estimate of drug-likeness (QED) is 0.741. The van der Waals surface area contributed by atoms with Crippen molar-refractivity contribution in [3.05, 3.63) is 28.8 Å². The zero-order chi connectivity index (χ0) is 9.26. The lowest BCUT2D eigenvalue weighted by atomic mass is 10.2. The highest BCUT2D eigenvalue weighted by molar-refractivity contribution is 6.32. The fourth-order valence-electron chi connectivity index (χ4n) is 0.942. The Morgan fingerprint density at radius 3 is 2.38 bits per heavy atom. The predicted molar refractivity (Wildman–Crippen MR) is 49.6 cm³/mol. The van der Waals surface area contributed by atoms with E-state index >= 15 is 0 Å². The van der Waals surface area contributed by atoms with Crippen LogP contribution < -0.4 is 0 Å². The first kappa shape index (κ1) is 8.47. The fraction of sp³-hybridized carbons (Fsp3) is 0.